The van der Waals surface area contributed by atoms with Crippen molar-refractivity contribution in [1.82, 2.24) is 40.1 Å². The average molecular weight is 655 g/mol. The number of fused-ring (bicyclic) bond motifs is 4. The number of nitrogens with one attached hydrogen (secondary N) is 2. The quantitative estimate of drug-likeness (QED) is 0.341. The zero-order valence-corrected chi connectivity index (χ0v) is 27.9. The van der Waals surface area contributed by atoms with Gasteiger partial charge < -0.3 is 25.0 Å². The highest BCUT2D eigenvalue weighted by Gasteiger charge is 2.31. The number of hydrogen-bond acceptors (Lipinski definition) is 8. The molecule has 2 N–H and O–H groups in total. The maximum atomic E-state index is 14.2. The van der Waals surface area contributed by atoms with Crippen molar-refractivity contribution in [3.8, 4) is 22.9 Å². The Labute approximate surface area is 279 Å². The first-order chi connectivity index (χ1) is 23.2. The third kappa shape index (κ3) is 6.90. The standard InChI is InChI=1S/C35H42N8O5/c1-22(2)30-33-38-32(23-10-6-5-7-11-23)40-43(33)18-19-48-28-20-24(14-15-27(28)47-4)34(45)36-16-17-42(21-29(44)37-30)35(46)31-25-12-8-9-13-26(25)39-41(31)3/h5-7,10-11,14-15,20,22,30H,8-9,12-13,16-19,21H2,1-4H3,(H,36,45)(H,37,44)/t30-/m1/s1. The maximum absolute atomic E-state index is 14.2. The Morgan fingerprint density at radius 1 is 1.02 bits per heavy atom. The lowest BCUT2D eigenvalue weighted by molar-refractivity contribution is -0.123. The van der Waals surface area contributed by atoms with Crippen molar-refractivity contribution in [1.29, 1.82) is 0 Å². The van der Waals surface area contributed by atoms with Crippen molar-refractivity contribution in [2.24, 2.45) is 13.0 Å². The van der Waals surface area contributed by atoms with Crippen LogP contribution in [0.4, 0.5) is 0 Å². The molecule has 1 aliphatic heterocycles. The number of benzene rings is 2. The number of carbonyl (C=O) groups is 3. The first kappa shape index (κ1) is 32.7. The molecule has 2 aromatic heterocycles. The van der Waals surface area contributed by atoms with E-state index in [4.69, 9.17) is 19.6 Å². The van der Waals surface area contributed by atoms with Gasteiger partial charge >= 0.3 is 0 Å². The SMILES string of the molecule is COc1ccc2cc1OCCn1nc(-c3ccccc3)nc1[C@@H](C(C)C)NC(=O)CN(C(=O)c1c3c(nn1C)CCCC3)CCNC2=O. The van der Waals surface area contributed by atoms with E-state index in [0.717, 1.165) is 42.5 Å². The Balaban J connectivity index is 1.37. The van der Waals surface area contributed by atoms with Crippen molar-refractivity contribution < 1.29 is 23.9 Å². The zero-order chi connectivity index (χ0) is 33.8. The fourth-order valence-electron chi connectivity index (χ4n) is 6.31. The molecular weight excluding hydrogens is 612 g/mol. The molecule has 3 amide bonds. The van der Waals surface area contributed by atoms with E-state index in [9.17, 15) is 14.4 Å². The molecule has 0 spiro atoms. The molecule has 252 valence electrons. The summed E-state index contributed by atoms with van der Waals surface area (Å²) in [7, 11) is 3.31. The van der Waals surface area contributed by atoms with Crippen molar-refractivity contribution in [2.45, 2.75) is 52.1 Å². The molecule has 1 atom stereocenters. The summed E-state index contributed by atoms with van der Waals surface area (Å²) in [5.74, 6) is 0.932. The normalized spacial score (nSPS) is 17.4. The van der Waals surface area contributed by atoms with E-state index in [-0.39, 0.29) is 49.9 Å². The third-order valence-corrected chi connectivity index (χ3v) is 8.79. The zero-order valence-electron chi connectivity index (χ0n) is 27.9. The van der Waals surface area contributed by atoms with Gasteiger partial charge in [0.15, 0.2) is 23.1 Å². The van der Waals surface area contributed by atoms with E-state index in [1.807, 2.05) is 44.2 Å². The predicted octanol–water partition coefficient (Wildman–Crippen LogP) is 3.34. The molecule has 13 heteroatoms. The van der Waals surface area contributed by atoms with E-state index < -0.39 is 6.04 Å². The first-order valence-corrected chi connectivity index (χ1v) is 16.5. The van der Waals surface area contributed by atoms with Gasteiger partial charge in [0.25, 0.3) is 11.8 Å². The van der Waals surface area contributed by atoms with Crippen molar-refractivity contribution >= 4 is 17.7 Å². The Morgan fingerprint density at radius 2 is 1.81 bits per heavy atom. The molecule has 0 radical (unpaired) electrons. The fourth-order valence-corrected chi connectivity index (χ4v) is 6.31. The van der Waals surface area contributed by atoms with Crippen LogP contribution >= 0.6 is 0 Å². The molecule has 0 fully saturated rings. The maximum Gasteiger partial charge on any atom is 0.272 e. The van der Waals surface area contributed by atoms with Gasteiger partial charge in [0, 0.05) is 36.8 Å². The lowest BCUT2D eigenvalue weighted by Crippen LogP contribution is -2.46. The monoisotopic (exact) mass is 654 g/mol. The van der Waals surface area contributed by atoms with Gasteiger partial charge in [-0.1, -0.05) is 44.2 Å². The minimum Gasteiger partial charge on any atom is -0.493 e. The second-order valence-corrected chi connectivity index (χ2v) is 12.5. The van der Waals surface area contributed by atoms with Crippen LogP contribution in [0.3, 0.4) is 0 Å². The van der Waals surface area contributed by atoms with Crippen LogP contribution < -0.4 is 20.1 Å². The highest BCUT2D eigenvalue weighted by atomic mass is 16.5. The van der Waals surface area contributed by atoms with Gasteiger partial charge in [-0.3, -0.25) is 19.1 Å². The highest BCUT2D eigenvalue weighted by molar-refractivity contribution is 5.97. The Morgan fingerprint density at radius 3 is 2.58 bits per heavy atom. The van der Waals surface area contributed by atoms with Gasteiger partial charge in [-0.25, -0.2) is 9.67 Å². The van der Waals surface area contributed by atoms with Crippen molar-refractivity contribution in [3.05, 3.63) is 76.9 Å². The molecule has 3 heterocycles. The minimum absolute atomic E-state index is 0.0622. The number of carbonyl (C=O) groups excluding carboxylic acids is 3. The van der Waals surface area contributed by atoms with Gasteiger partial charge in [0.1, 0.15) is 12.3 Å². The molecule has 0 saturated heterocycles. The van der Waals surface area contributed by atoms with Gasteiger partial charge in [-0.05, 0) is 49.8 Å². The summed E-state index contributed by atoms with van der Waals surface area (Å²) >= 11 is 0. The van der Waals surface area contributed by atoms with Crippen LogP contribution in [0.25, 0.3) is 11.4 Å². The van der Waals surface area contributed by atoms with Crippen molar-refractivity contribution in [3.63, 3.8) is 0 Å². The van der Waals surface area contributed by atoms with Gasteiger partial charge in [0.2, 0.25) is 5.91 Å². The Bertz CT molecular complexity index is 1800. The summed E-state index contributed by atoms with van der Waals surface area (Å²) in [6.45, 7) is 4.53. The fraction of sp³-hybridized carbons (Fsp3) is 0.429. The van der Waals surface area contributed by atoms with E-state index in [1.54, 1.807) is 41.7 Å². The minimum atomic E-state index is -0.517. The summed E-state index contributed by atoms with van der Waals surface area (Å²) in [6.07, 6.45) is 3.59. The number of methoxy groups -OCH3 is 1. The van der Waals surface area contributed by atoms with E-state index in [1.165, 1.54) is 4.90 Å². The van der Waals surface area contributed by atoms with Gasteiger partial charge in [0.05, 0.1) is 31.9 Å². The van der Waals surface area contributed by atoms with Gasteiger partial charge in [-0.15, -0.1) is 0 Å². The lowest BCUT2D eigenvalue weighted by Gasteiger charge is -2.26. The summed E-state index contributed by atoms with van der Waals surface area (Å²) < 4.78 is 15.0. The average Bonchev–Trinajstić information content (AvgIpc) is 3.66. The first-order valence-electron chi connectivity index (χ1n) is 16.5. The topological polar surface area (TPSA) is 146 Å². The number of hydrogen-bond donors (Lipinski definition) is 2. The molecule has 4 aromatic rings. The number of aryl methyl sites for hydroxylation is 2. The van der Waals surface area contributed by atoms with Crippen LogP contribution in [0.5, 0.6) is 11.5 Å². The lowest BCUT2D eigenvalue weighted by atomic mass is 9.95. The molecule has 0 saturated carbocycles. The van der Waals surface area contributed by atoms with Gasteiger partial charge in [-0.2, -0.15) is 10.2 Å². The summed E-state index contributed by atoms with van der Waals surface area (Å²) in [4.78, 5) is 47.6. The Kier molecular flexibility index (Phi) is 9.74. The third-order valence-electron chi connectivity index (χ3n) is 8.79. The van der Waals surface area contributed by atoms with Crippen LogP contribution in [-0.4, -0.2) is 80.5 Å². The largest absolute Gasteiger partial charge is 0.493 e. The molecular formula is C35H42N8O5. The highest BCUT2D eigenvalue weighted by Crippen LogP contribution is 2.29. The van der Waals surface area contributed by atoms with Crippen LogP contribution in [0, 0.1) is 5.92 Å². The molecule has 1 aliphatic carbocycles. The summed E-state index contributed by atoms with van der Waals surface area (Å²) in [5.41, 5.74) is 3.57. The molecule has 6 rings (SSSR count). The molecule has 0 unspecified atom stereocenters. The molecule has 13 nitrogen and oxygen atoms in total. The number of rotatable bonds is 4. The van der Waals surface area contributed by atoms with E-state index >= 15 is 0 Å². The number of ether oxygens (including phenoxy) is 2. The molecule has 2 aromatic carbocycles. The summed E-state index contributed by atoms with van der Waals surface area (Å²) in [6, 6.07) is 14.1. The number of aromatic nitrogens is 5. The smallest absolute Gasteiger partial charge is 0.272 e. The predicted molar refractivity (Wildman–Crippen MR) is 178 cm³/mol. The summed E-state index contributed by atoms with van der Waals surface area (Å²) in [5, 5.41) is 15.5. The van der Waals surface area contributed by atoms with Crippen LogP contribution in [0.1, 0.15) is 70.7 Å². The molecule has 2 bridgehead atoms. The molecule has 2 aliphatic rings. The number of amides is 3. The Hall–Kier alpha value is -5.20. The number of nitrogens with zero attached hydrogens (tertiary/aromatic N) is 6. The van der Waals surface area contributed by atoms with Crippen molar-refractivity contribution in [2.75, 3.05) is 33.4 Å². The van der Waals surface area contributed by atoms with Crippen LogP contribution in [0.2, 0.25) is 0 Å². The second kappa shape index (κ2) is 14.3. The van der Waals surface area contributed by atoms with Crippen LogP contribution in [-0.2, 0) is 31.2 Å². The van der Waals surface area contributed by atoms with Crippen LogP contribution in [0.15, 0.2) is 48.5 Å². The second-order valence-electron chi connectivity index (χ2n) is 12.5. The van der Waals surface area contributed by atoms with E-state index in [2.05, 4.69) is 15.7 Å². The van der Waals surface area contributed by atoms with E-state index in [0.29, 0.717) is 40.9 Å². The molecule has 48 heavy (non-hydrogen) atoms.